The molecule has 3 heterocycles. The van der Waals surface area contributed by atoms with E-state index in [1.807, 2.05) is 0 Å². The Bertz CT molecular complexity index is 2830. The van der Waals surface area contributed by atoms with Crippen LogP contribution >= 0.6 is 0 Å². The van der Waals surface area contributed by atoms with E-state index in [9.17, 15) is 76.4 Å². The Labute approximate surface area is 394 Å². The minimum Gasteiger partial charge on any atom is -0.509 e. The van der Waals surface area contributed by atoms with Gasteiger partial charge >= 0.3 is 0 Å². The van der Waals surface area contributed by atoms with Crippen molar-refractivity contribution >= 4 is 5.69 Å². The normalized spacial score (nSPS) is 27.7. The van der Waals surface area contributed by atoms with Crippen LogP contribution in [0.2, 0.25) is 0 Å². The number of aliphatic hydroxyl groups excluding tert-OH is 8. The Balaban J connectivity index is 1.46. The molecule has 3 aliphatic heterocycles. The van der Waals surface area contributed by atoms with Gasteiger partial charge in [-0.2, -0.15) is 0 Å². The predicted molar refractivity (Wildman–Crippen MR) is 245 cm³/mol. The second kappa shape index (κ2) is 18.1. The summed E-state index contributed by atoms with van der Waals surface area (Å²) < 4.78 is 18.5. The second-order valence-corrected chi connectivity index (χ2v) is 18.0. The fourth-order valence-electron chi connectivity index (χ4n) is 10.1. The van der Waals surface area contributed by atoms with Crippen molar-refractivity contribution in [1.29, 1.82) is 0 Å². The van der Waals surface area contributed by atoms with Crippen LogP contribution in [0.25, 0.3) is 0 Å². The number of aromatic hydroxyl groups is 5. The summed E-state index contributed by atoms with van der Waals surface area (Å²) in [6.45, 7) is 12.8. The van der Waals surface area contributed by atoms with Crippen molar-refractivity contribution in [3.8, 4) is 34.5 Å². The molecule has 9 unspecified atom stereocenters. The van der Waals surface area contributed by atoms with Crippen molar-refractivity contribution in [1.82, 2.24) is 0 Å². The molecule has 366 valence electrons. The summed E-state index contributed by atoms with van der Waals surface area (Å²) in [4.78, 5) is 11.3. The van der Waals surface area contributed by atoms with Crippen LogP contribution in [-0.2, 0) is 9.47 Å². The minimum absolute atomic E-state index is 0.0727. The number of ether oxygens (including phenoxy) is 3. The Kier molecular flexibility index (Phi) is 13.0. The molecule has 4 aliphatic rings. The molecule has 0 radical (unpaired) electrons. The fraction of sp³-hybridized carbons (Fsp3) is 0.320. The minimum atomic E-state index is -2.81. The van der Waals surface area contributed by atoms with Gasteiger partial charge in [0.1, 0.15) is 87.7 Å². The number of hydrogen-bond donors (Lipinski definition) is 14. The number of phenols is 5. The molecule has 1 aliphatic carbocycles. The van der Waals surface area contributed by atoms with Gasteiger partial charge in [-0.05, 0) is 72.5 Å². The highest BCUT2D eigenvalue weighted by Gasteiger charge is 2.61. The zero-order valence-electron chi connectivity index (χ0n) is 37.6. The third-order valence-electron chi connectivity index (χ3n) is 13.2. The Morgan fingerprint density at radius 1 is 0.855 bits per heavy atom. The molecule has 9 atom stereocenters. The van der Waals surface area contributed by atoms with Gasteiger partial charge in [-0.1, -0.05) is 38.6 Å². The lowest BCUT2D eigenvalue weighted by Gasteiger charge is -2.48. The first kappa shape index (κ1) is 49.3. The van der Waals surface area contributed by atoms with E-state index in [1.165, 1.54) is 58.0 Å². The molecular weight excluding hydrogens is 903 g/mol. The first-order chi connectivity index (χ1) is 32.4. The van der Waals surface area contributed by atoms with Crippen molar-refractivity contribution in [3.63, 3.8) is 0 Å². The molecule has 14 N–H and O–H groups in total. The average molecular weight is 956 g/mol. The van der Waals surface area contributed by atoms with Gasteiger partial charge in [0.15, 0.2) is 29.0 Å². The van der Waals surface area contributed by atoms with Crippen LogP contribution in [-0.4, -0.2) is 102 Å². The molecule has 7 rings (SSSR count). The predicted octanol–water partition coefficient (Wildman–Crippen LogP) is 7.56. The molecule has 3 aromatic carbocycles. The molecule has 0 aromatic heterocycles. The molecule has 0 amide bonds. The van der Waals surface area contributed by atoms with Crippen LogP contribution in [0.4, 0.5) is 5.69 Å². The van der Waals surface area contributed by atoms with Crippen LogP contribution in [0, 0.1) is 16.2 Å². The van der Waals surface area contributed by atoms with Gasteiger partial charge < -0.3 is 85.7 Å². The number of benzene rings is 3. The first-order valence-electron chi connectivity index (χ1n) is 21.5. The highest BCUT2D eigenvalue weighted by Crippen LogP contribution is 2.60. The number of fused-ring (bicyclic) bond motifs is 1. The Hall–Kier alpha value is -7.58. The van der Waals surface area contributed by atoms with E-state index >= 15 is 0 Å². The van der Waals surface area contributed by atoms with Gasteiger partial charge in [-0.25, -0.2) is 0 Å². The molecule has 0 saturated carbocycles. The standard InChI is InChI=1S/C50H53NO18/c1-7-8-23(13-30(56)20(2)52)47-45(64)42(50(65)27-18-34(60)46(68-35(27)19-37(50)61)24-10-12-29(55)32(58)15-24)38(22(4)67-47)43(62)40(21(3)53)49(5,6)41-39-33(59)16-26(54)17-36(39)69-48(44(41)63)25-9-11-28(51-66)31(57)14-25/h7,9-17,19,34,41-42,44-48,52-65H,1,3,8,18H2,2,4-6H3/b23-13+,30-20-,43-40-. The summed E-state index contributed by atoms with van der Waals surface area (Å²) >= 11 is 0. The number of aliphatic hydroxyl groups is 9. The fourth-order valence-corrected chi connectivity index (χ4v) is 10.1. The molecule has 0 fully saturated rings. The smallest absolute Gasteiger partial charge is 0.157 e. The van der Waals surface area contributed by atoms with Gasteiger partial charge in [-0.3, -0.25) is 0 Å². The molecule has 0 saturated heterocycles. The summed E-state index contributed by atoms with van der Waals surface area (Å²) in [6.07, 6.45) is -6.65. The largest absolute Gasteiger partial charge is 0.509 e. The number of phenolic OH excluding ortho intramolecular Hbond substituents is 5. The van der Waals surface area contributed by atoms with Crippen molar-refractivity contribution < 1.29 is 85.7 Å². The van der Waals surface area contributed by atoms with Crippen molar-refractivity contribution in [2.24, 2.45) is 16.5 Å². The van der Waals surface area contributed by atoms with E-state index in [1.54, 1.807) is 0 Å². The van der Waals surface area contributed by atoms with E-state index in [-0.39, 0.29) is 57.2 Å². The molecule has 3 aromatic rings. The van der Waals surface area contributed by atoms with Crippen LogP contribution in [0.5, 0.6) is 34.5 Å². The summed E-state index contributed by atoms with van der Waals surface area (Å²) in [6, 6.07) is 9.40. The number of nitroso groups, excluding NO2 is 1. The van der Waals surface area contributed by atoms with Crippen molar-refractivity contribution in [3.05, 3.63) is 164 Å². The first-order valence-corrected chi connectivity index (χ1v) is 21.5. The summed E-state index contributed by atoms with van der Waals surface area (Å²) in [5.74, 6) is -10.5. The van der Waals surface area contributed by atoms with Crippen LogP contribution in [0.1, 0.15) is 75.4 Å². The lowest BCUT2D eigenvalue weighted by Crippen LogP contribution is -2.55. The average Bonchev–Trinajstić information content (AvgIpc) is 3.51. The maximum Gasteiger partial charge on any atom is 0.157 e. The van der Waals surface area contributed by atoms with E-state index in [2.05, 4.69) is 18.3 Å². The van der Waals surface area contributed by atoms with E-state index in [0.29, 0.717) is 0 Å². The van der Waals surface area contributed by atoms with Crippen molar-refractivity contribution in [2.45, 2.75) is 88.7 Å². The van der Waals surface area contributed by atoms with Crippen molar-refractivity contribution in [2.75, 3.05) is 0 Å². The van der Waals surface area contributed by atoms with E-state index in [4.69, 9.17) is 14.2 Å². The topological polar surface area (TPSA) is 340 Å². The Morgan fingerprint density at radius 2 is 1.51 bits per heavy atom. The maximum absolute atomic E-state index is 13.2. The zero-order chi connectivity index (χ0) is 50.8. The summed E-state index contributed by atoms with van der Waals surface area (Å²) in [5.41, 5.74) is -5.94. The molecular formula is C50H53NO18. The molecule has 19 heteroatoms. The number of nitrogens with zero attached hydrogens (tertiary/aromatic N) is 1. The number of rotatable bonds is 12. The molecule has 0 bridgehead atoms. The lowest BCUT2D eigenvalue weighted by molar-refractivity contribution is -0.0982. The lowest BCUT2D eigenvalue weighted by atomic mass is 9.62. The third kappa shape index (κ3) is 8.32. The van der Waals surface area contributed by atoms with Gasteiger partial charge in [0, 0.05) is 58.2 Å². The second-order valence-electron chi connectivity index (χ2n) is 18.0. The summed E-state index contributed by atoms with van der Waals surface area (Å²) in [5, 5.41) is 163. The van der Waals surface area contributed by atoms with Crippen LogP contribution < -0.4 is 4.74 Å². The van der Waals surface area contributed by atoms with Gasteiger partial charge in [0.25, 0.3) is 0 Å². The molecule has 69 heavy (non-hydrogen) atoms. The van der Waals surface area contributed by atoms with Gasteiger partial charge in [0.2, 0.25) is 0 Å². The highest BCUT2D eigenvalue weighted by atomic mass is 16.5. The number of allylic oxidation sites excluding steroid dienone is 7. The quantitative estimate of drug-likeness (QED) is 0.0274. The van der Waals surface area contributed by atoms with E-state index in [0.717, 1.165) is 36.4 Å². The molecule has 0 spiro atoms. The third-order valence-corrected chi connectivity index (χ3v) is 13.2. The van der Waals surface area contributed by atoms with Crippen LogP contribution in [0.15, 0.2) is 148 Å². The SMILES string of the molecule is C=CC/C(=C\C(O)=C(/C)O)C1OC(C)=C(/C(O)=C(\C(=C)O)C(C)(C)C2c3c(O)cc(O)cc3OC(c3ccc(N=O)c(O)c3)C2O)C(C2(O)C(O)=CC3=C2CC(O)C(c2ccc(O)c(O)c2)O3)C1O. The number of hydrogen-bond acceptors (Lipinski definition) is 19. The zero-order valence-corrected chi connectivity index (χ0v) is 37.6. The highest BCUT2D eigenvalue weighted by molar-refractivity contribution is 5.60. The van der Waals surface area contributed by atoms with Gasteiger partial charge in [0.05, 0.1) is 12.0 Å². The maximum atomic E-state index is 13.2. The van der Waals surface area contributed by atoms with Crippen LogP contribution in [0.3, 0.4) is 0 Å². The summed E-state index contributed by atoms with van der Waals surface area (Å²) in [7, 11) is 0. The van der Waals surface area contributed by atoms with E-state index < -0.39 is 135 Å². The van der Waals surface area contributed by atoms with Gasteiger partial charge in [-0.15, -0.1) is 11.5 Å². The monoisotopic (exact) mass is 955 g/mol. The molecule has 19 nitrogen and oxygen atoms in total. The Morgan fingerprint density at radius 3 is 2.12 bits per heavy atom.